The van der Waals surface area contributed by atoms with E-state index in [1.54, 1.807) is 0 Å². The molecule has 2 heterocycles. The van der Waals surface area contributed by atoms with Crippen molar-refractivity contribution < 1.29 is 14.8 Å². The zero-order chi connectivity index (χ0) is 16.2. The Balaban J connectivity index is 1.71. The Hall–Kier alpha value is -2.00. The van der Waals surface area contributed by atoms with E-state index in [-0.39, 0.29) is 29.7 Å². The predicted octanol–water partition coefficient (Wildman–Crippen LogP) is 1.30. The molecule has 9 nitrogen and oxygen atoms in total. The van der Waals surface area contributed by atoms with E-state index in [0.29, 0.717) is 19.2 Å². The van der Waals surface area contributed by atoms with Gasteiger partial charge >= 0.3 is 5.69 Å². The molecule has 9 heteroatoms. The second-order valence-electron chi connectivity index (χ2n) is 6.04. The zero-order valence-corrected chi connectivity index (χ0v) is 12.8. The highest BCUT2D eigenvalue weighted by atomic mass is 16.6. The Morgan fingerprint density at radius 1 is 1.22 bits per heavy atom. The first-order chi connectivity index (χ1) is 11.1. The van der Waals surface area contributed by atoms with Crippen LogP contribution >= 0.6 is 0 Å². The third kappa shape index (κ3) is 4.05. The molecule has 0 amide bonds. The summed E-state index contributed by atoms with van der Waals surface area (Å²) in [5.41, 5.74) is -0.137. The summed E-state index contributed by atoms with van der Waals surface area (Å²) in [6.45, 7) is 1.16. The summed E-state index contributed by atoms with van der Waals surface area (Å²) in [6, 6.07) is 0.212. The van der Waals surface area contributed by atoms with Gasteiger partial charge in [0.15, 0.2) is 0 Å². The summed E-state index contributed by atoms with van der Waals surface area (Å²) >= 11 is 0. The van der Waals surface area contributed by atoms with Crippen molar-refractivity contribution in [2.75, 3.05) is 23.8 Å². The van der Waals surface area contributed by atoms with Crippen LogP contribution in [0, 0.1) is 10.1 Å². The number of anilines is 2. The molecule has 1 aromatic heterocycles. The summed E-state index contributed by atoms with van der Waals surface area (Å²) in [5, 5.41) is 27.0. The molecule has 23 heavy (non-hydrogen) atoms. The summed E-state index contributed by atoms with van der Waals surface area (Å²) in [6.07, 6.45) is 4.95. The molecule has 2 fully saturated rings. The summed E-state index contributed by atoms with van der Waals surface area (Å²) in [4.78, 5) is 19.0. The normalized spacial score (nSPS) is 27.6. The molecule has 0 spiro atoms. The first-order valence-corrected chi connectivity index (χ1v) is 7.92. The van der Waals surface area contributed by atoms with Gasteiger partial charge in [-0.3, -0.25) is 10.1 Å². The molecule has 126 valence electrons. The summed E-state index contributed by atoms with van der Waals surface area (Å²) in [5.74, 6) is 0.595. The number of hydrogen-bond donors (Lipinski definition) is 3. The fourth-order valence-electron chi connectivity index (χ4n) is 2.93. The van der Waals surface area contributed by atoms with E-state index in [1.807, 2.05) is 0 Å². The van der Waals surface area contributed by atoms with Gasteiger partial charge in [-0.15, -0.1) is 0 Å². The Morgan fingerprint density at radius 2 is 2.00 bits per heavy atom. The Kier molecular flexibility index (Phi) is 4.87. The summed E-state index contributed by atoms with van der Waals surface area (Å²) in [7, 11) is 0. The van der Waals surface area contributed by atoms with Crippen LogP contribution in [0.5, 0.6) is 0 Å². The molecular formula is C14H21N5O4. The maximum absolute atomic E-state index is 11.1. The van der Waals surface area contributed by atoms with Crippen LogP contribution in [0.2, 0.25) is 0 Å². The van der Waals surface area contributed by atoms with Gasteiger partial charge < -0.3 is 20.5 Å². The molecule has 1 aliphatic carbocycles. The molecule has 1 aliphatic heterocycles. The van der Waals surface area contributed by atoms with Crippen molar-refractivity contribution in [3.05, 3.63) is 16.3 Å². The average Bonchev–Trinajstić information content (AvgIpc) is 3.02. The number of aliphatic hydroxyl groups excluding tert-OH is 1. The molecule has 0 radical (unpaired) electrons. The highest BCUT2D eigenvalue weighted by Crippen LogP contribution is 2.26. The highest BCUT2D eigenvalue weighted by molar-refractivity contribution is 5.57. The number of nitrogens with one attached hydrogen (secondary N) is 2. The van der Waals surface area contributed by atoms with E-state index in [9.17, 15) is 15.2 Å². The smallest absolute Gasteiger partial charge is 0.329 e. The molecule has 1 aromatic rings. The van der Waals surface area contributed by atoms with Crippen molar-refractivity contribution in [2.45, 2.75) is 50.3 Å². The fraction of sp³-hybridized carbons (Fsp3) is 0.714. The second-order valence-corrected chi connectivity index (χ2v) is 6.04. The van der Waals surface area contributed by atoms with Gasteiger partial charge in [0, 0.05) is 12.6 Å². The maximum atomic E-state index is 11.1. The van der Waals surface area contributed by atoms with Gasteiger partial charge in [-0.25, -0.2) is 4.98 Å². The van der Waals surface area contributed by atoms with Crippen LogP contribution in [0.25, 0.3) is 0 Å². The molecule has 1 saturated heterocycles. The molecule has 1 saturated carbocycles. The molecule has 3 N–H and O–H groups in total. The van der Waals surface area contributed by atoms with Gasteiger partial charge in [0.2, 0.25) is 11.8 Å². The largest absolute Gasteiger partial charge is 0.393 e. The number of aromatic nitrogens is 2. The lowest BCUT2D eigenvalue weighted by Gasteiger charge is -2.26. The van der Waals surface area contributed by atoms with Gasteiger partial charge in [0.25, 0.3) is 0 Å². The number of ether oxygens (including phenoxy) is 1. The predicted molar refractivity (Wildman–Crippen MR) is 83.4 cm³/mol. The number of rotatable bonds is 5. The van der Waals surface area contributed by atoms with Crippen molar-refractivity contribution in [1.29, 1.82) is 0 Å². The lowest BCUT2D eigenvalue weighted by molar-refractivity contribution is -0.384. The Labute approximate surface area is 133 Å². The van der Waals surface area contributed by atoms with Crippen LogP contribution in [0.15, 0.2) is 6.20 Å². The van der Waals surface area contributed by atoms with Gasteiger partial charge in [-0.05, 0) is 32.1 Å². The number of nitrogens with zero attached hydrogens (tertiary/aromatic N) is 3. The Morgan fingerprint density at radius 3 is 2.65 bits per heavy atom. The minimum Gasteiger partial charge on any atom is -0.393 e. The van der Waals surface area contributed by atoms with Crippen molar-refractivity contribution in [3.8, 4) is 0 Å². The molecule has 0 unspecified atom stereocenters. The lowest BCUT2D eigenvalue weighted by Crippen LogP contribution is -2.29. The molecule has 1 atom stereocenters. The van der Waals surface area contributed by atoms with Gasteiger partial charge in [0.1, 0.15) is 6.20 Å². The van der Waals surface area contributed by atoms with Crippen molar-refractivity contribution >= 4 is 17.5 Å². The van der Waals surface area contributed by atoms with E-state index >= 15 is 0 Å². The SMILES string of the molecule is O=[N+]([O-])c1cnc(NC2CCC(O)CC2)nc1N[C@H]1CCOC1. The molecular weight excluding hydrogens is 302 g/mol. The van der Waals surface area contributed by atoms with Crippen LogP contribution in [-0.4, -0.2) is 51.4 Å². The first-order valence-electron chi connectivity index (χ1n) is 7.92. The minimum absolute atomic E-state index is 0.0290. The molecule has 3 rings (SSSR count). The lowest BCUT2D eigenvalue weighted by atomic mass is 9.93. The van der Waals surface area contributed by atoms with E-state index in [1.165, 1.54) is 6.20 Å². The zero-order valence-electron chi connectivity index (χ0n) is 12.8. The van der Waals surface area contributed by atoms with Crippen LogP contribution in [0.3, 0.4) is 0 Å². The van der Waals surface area contributed by atoms with E-state index in [2.05, 4.69) is 20.6 Å². The maximum Gasteiger partial charge on any atom is 0.329 e. The Bertz CT molecular complexity index is 556. The average molecular weight is 323 g/mol. The fourth-order valence-corrected chi connectivity index (χ4v) is 2.93. The van der Waals surface area contributed by atoms with Crippen molar-refractivity contribution in [2.24, 2.45) is 0 Å². The second kappa shape index (κ2) is 7.05. The van der Waals surface area contributed by atoms with E-state index < -0.39 is 4.92 Å². The minimum atomic E-state index is -0.487. The van der Waals surface area contributed by atoms with Crippen LogP contribution < -0.4 is 10.6 Å². The highest BCUT2D eigenvalue weighted by Gasteiger charge is 2.24. The van der Waals surface area contributed by atoms with Crippen molar-refractivity contribution in [3.63, 3.8) is 0 Å². The van der Waals surface area contributed by atoms with Crippen LogP contribution in [-0.2, 0) is 4.74 Å². The van der Waals surface area contributed by atoms with Gasteiger partial charge in [-0.2, -0.15) is 4.98 Å². The number of nitro groups is 1. The van der Waals surface area contributed by atoms with Crippen molar-refractivity contribution in [1.82, 2.24) is 9.97 Å². The topological polar surface area (TPSA) is 122 Å². The molecule has 2 aliphatic rings. The summed E-state index contributed by atoms with van der Waals surface area (Å²) < 4.78 is 5.28. The quantitative estimate of drug-likeness (QED) is 0.547. The standard InChI is InChI=1S/C14H21N5O4/c20-11-3-1-9(2-4-11)17-14-15-7-12(19(21)22)13(18-14)16-10-5-6-23-8-10/h7,9-11,20H,1-6,8H2,(H2,15,16,17,18)/t9?,10-,11?/m0/s1. The molecule has 0 bridgehead atoms. The first kappa shape index (κ1) is 15.9. The van der Waals surface area contributed by atoms with E-state index in [4.69, 9.17) is 4.74 Å². The monoisotopic (exact) mass is 323 g/mol. The number of aliphatic hydroxyl groups is 1. The van der Waals surface area contributed by atoms with Gasteiger partial charge in [0.05, 0.1) is 23.7 Å². The van der Waals surface area contributed by atoms with Crippen LogP contribution in [0.4, 0.5) is 17.5 Å². The van der Waals surface area contributed by atoms with Gasteiger partial charge in [-0.1, -0.05) is 0 Å². The number of hydrogen-bond acceptors (Lipinski definition) is 8. The molecule has 0 aromatic carbocycles. The third-order valence-corrected chi connectivity index (χ3v) is 4.27. The van der Waals surface area contributed by atoms with E-state index in [0.717, 1.165) is 32.1 Å². The van der Waals surface area contributed by atoms with Crippen LogP contribution in [0.1, 0.15) is 32.1 Å². The third-order valence-electron chi connectivity index (χ3n) is 4.27.